The fourth-order valence-corrected chi connectivity index (χ4v) is 4.26. The van der Waals surface area contributed by atoms with Gasteiger partial charge in [-0.15, -0.1) is 11.7 Å². The minimum Gasteiger partial charge on any atom is -0.395 e. The van der Waals surface area contributed by atoms with Gasteiger partial charge in [-0.1, -0.05) is 24.3 Å². The van der Waals surface area contributed by atoms with E-state index in [0.717, 1.165) is 39.8 Å². The Balaban J connectivity index is 0.000000218. The van der Waals surface area contributed by atoms with Gasteiger partial charge in [-0.05, 0) is 70.5 Å². The molecule has 6 nitrogen and oxygen atoms in total. The van der Waals surface area contributed by atoms with Gasteiger partial charge >= 0.3 is 0 Å². The molecular formula is C31H36N4O2S2+2. The van der Waals surface area contributed by atoms with Crippen molar-refractivity contribution >= 4 is 58.1 Å². The second-order valence-corrected chi connectivity index (χ2v) is 9.67. The van der Waals surface area contributed by atoms with Gasteiger partial charge in [0.1, 0.15) is 0 Å². The molecule has 0 unspecified atom stereocenters. The number of hydrogen-bond donors (Lipinski definition) is 5. The van der Waals surface area contributed by atoms with Crippen LogP contribution < -0.4 is 20.2 Å². The summed E-state index contributed by atoms with van der Waals surface area (Å²) in [6, 6.07) is 28.3. The van der Waals surface area contributed by atoms with Crippen molar-refractivity contribution in [1.82, 2.24) is 0 Å². The van der Waals surface area contributed by atoms with Gasteiger partial charge < -0.3 is 20.8 Å². The topological polar surface area (TPSA) is 82.5 Å². The number of nitrogens with one attached hydrogen (secondary N) is 3. The lowest BCUT2D eigenvalue weighted by Crippen LogP contribution is -2.34. The van der Waals surface area contributed by atoms with Crippen LogP contribution in [0, 0.1) is 0 Å². The first kappa shape index (κ1) is 30.0. The van der Waals surface area contributed by atoms with E-state index in [1.165, 1.54) is 10.8 Å². The number of aliphatic hydroxyl groups is 2. The number of nitrogens with zero attached hydrogens (tertiary/aromatic N) is 1. The molecule has 4 aromatic rings. The minimum atomic E-state index is 0.138. The van der Waals surface area contributed by atoms with Gasteiger partial charge in [-0.25, -0.2) is 4.98 Å². The Morgan fingerprint density at radius 1 is 0.718 bits per heavy atom. The Hall–Kier alpha value is -3.56. The predicted octanol–water partition coefficient (Wildman–Crippen LogP) is 5.16. The van der Waals surface area contributed by atoms with Gasteiger partial charge in [0.2, 0.25) is 17.3 Å². The third-order valence-corrected chi connectivity index (χ3v) is 6.25. The quantitative estimate of drug-likeness (QED) is 0.0940. The van der Waals surface area contributed by atoms with Gasteiger partial charge in [0.05, 0.1) is 13.2 Å². The van der Waals surface area contributed by atoms with E-state index in [4.69, 9.17) is 10.2 Å². The summed E-state index contributed by atoms with van der Waals surface area (Å²) < 4.78 is 2.14. The molecule has 0 spiro atoms. The number of thiol groups is 1. The summed E-state index contributed by atoms with van der Waals surface area (Å²) in [5.74, 6) is 0.813. The molecule has 0 amide bonds. The SMILES string of the molecule is OCCNc1ccc(/C=C/c2cccc[n+]2CSS)cc1.OCCNc1ccc(/C=C/c2cccc[nH+]2)cc1. The third-order valence-electron chi connectivity index (χ3n) is 5.51. The van der Waals surface area contributed by atoms with Crippen LogP contribution in [0.1, 0.15) is 22.5 Å². The van der Waals surface area contributed by atoms with Crippen LogP contribution in [0.15, 0.2) is 97.3 Å². The average molecular weight is 561 g/mol. The maximum absolute atomic E-state index is 8.78. The highest BCUT2D eigenvalue weighted by Gasteiger charge is 2.04. The summed E-state index contributed by atoms with van der Waals surface area (Å²) >= 11 is 4.20. The lowest BCUT2D eigenvalue weighted by atomic mass is 10.1. The van der Waals surface area contributed by atoms with Crippen molar-refractivity contribution in [1.29, 1.82) is 0 Å². The number of anilines is 2. The number of benzene rings is 2. The van der Waals surface area contributed by atoms with Crippen LogP contribution in [-0.2, 0) is 5.88 Å². The molecule has 0 saturated carbocycles. The molecule has 0 radical (unpaired) electrons. The van der Waals surface area contributed by atoms with E-state index in [-0.39, 0.29) is 13.2 Å². The van der Waals surface area contributed by atoms with E-state index in [1.54, 1.807) is 0 Å². The molecule has 0 aliphatic heterocycles. The summed E-state index contributed by atoms with van der Waals surface area (Å²) in [4.78, 5) is 3.15. The van der Waals surface area contributed by atoms with Gasteiger partial charge in [0.25, 0.3) is 0 Å². The monoisotopic (exact) mass is 560 g/mol. The number of rotatable bonds is 12. The molecule has 39 heavy (non-hydrogen) atoms. The third kappa shape index (κ3) is 11.4. The largest absolute Gasteiger partial charge is 0.395 e. The average Bonchev–Trinajstić information content (AvgIpc) is 2.99. The first-order valence-corrected chi connectivity index (χ1v) is 14.7. The van der Waals surface area contributed by atoms with Crippen LogP contribution in [-0.4, -0.2) is 36.5 Å². The molecule has 202 valence electrons. The van der Waals surface area contributed by atoms with Gasteiger partial charge in [0, 0.05) is 60.9 Å². The summed E-state index contributed by atoms with van der Waals surface area (Å²) in [5, 5.41) is 23.7. The molecule has 2 aromatic heterocycles. The molecule has 0 saturated heterocycles. The zero-order valence-electron chi connectivity index (χ0n) is 21.8. The highest BCUT2D eigenvalue weighted by Crippen LogP contribution is 2.13. The summed E-state index contributed by atoms with van der Waals surface area (Å²) in [5.41, 5.74) is 6.52. The maximum Gasteiger partial charge on any atom is 0.205 e. The Morgan fingerprint density at radius 2 is 1.31 bits per heavy atom. The number of aromatic amines is 1. The summed E-state index contributed by atoms with van der Waals surface area (Å²) in [7, 11) is 1.49. The van der Waals surface area contributed by atoms with Crippen molar-refractivity contribution in [2.75, 3.05) is 36.9 Å². The van der Waals surface area contributed by atoms with E-state index in [0.29, 0.717) is 13.1 Å². The Bertz CT molecular complexity index is 1280. The van der Waals surface area contributed by atoms with Crippen LogP contribution in [0.3, 0.4) is 0 Å². The fourth-order valence-electron chi connectivity index (χ4n) is 3.52. The fraction of sp³-hybridized carbons (Fsp3) is 0.161. The summed E-state index contributed by atoms with van der Waals surface area (Å²) in [6.45, 7) is 1.43. The van der Waals surface area contributed by atoms with Gasteiger partial charge in [-0.2, -0.15) is 4.57 Å². The zero-order chi connectivity index (χ0) is 27.5. The Kier molecular flexibility index (Phi) is 13.7. The van der Waals surface area contributed by atoms with Crippen LogP contribution in [0.2, 0.25) is 0 Å². The smallest absolute Gasteiger partial charge is 0.205 e. The molecule has 5 N–H and O–H groups in total. The maximum atomic E-state index is 8.78. The van der Waals surface area contributed by atoms with E-state index in [2.05, 4.69) is 68.3 Å². The van der Waals surface area contributed by atoms with Crippen LogP contribution in [0.25, 0.3) is 24.3 Å². The van der Waals surface area contributed by atoms with Crippen molar-refractivity contribution in [2.45, 2.75) is 5.88 Å². The van der Waals surface area contributed by atoms with Gasteiger partial charge in [-0.3, -0.25) is 0 Å². The zero-order valence-corrected chi connectivity index (χ0v) is 23.5. The standard InChI is InChI=1S/C16H18N2OS2.C15H16N2O/c19-12-10-17-15-7-4-14(5-8-15)6-9-16-3-1-2-11-18(16)13-21-20;18-12-11-17-15-8-5-13(6-9-15)4-7-14-3-1-2-10-16-14/h1-9,11,19-20H,10,12-13H2;1-10,17-18H,11-12H2/p+2/b;7-4+. The van der Waals surface area contributed by atoms with Crippen LogP contribution >= 0.6 is 22.5 Å². The molecule has 0 atom stereocenters. The van der Waals surface area contributed by atoms with Crippen LogP contribution in [0.5, 0.6) is 0 Å². The molecule has 2 aromatic carbocycles. The second kappa shape index (κ2) is 17.9. The van der Waals surface area contributed by atoms with Crippen molar-refractivity contribution in [3.8, 4) is 0 Å². The lowest BCUT2D eigenvalue weighted by molar-refractivity contribution is -0.677. The first-order chi connectivity index (χ1) is 19.2. The van der Waals surface area contributed by atoms with Crippen molar-refractivity contribution < 1.29 is 19.8 Å². The minimum absolute atomic E-state index is 0.138. The van der Waals surface area contributed by atoms with E-state index in [9.17, 15) is 0 Å². The number of H-pyrrole nitrogens is 1. The molecular weight excluding hydrogens is 525 g/mol. The van der Waals surface area contributed by atoms with E-state index in [1.807, 2.05) is 85.2 Å². The predicted molar refractivity (Wildman–Crippen MR) is 168 cm³/mol. The number of aliphatic hydroxyl groups excluding tert-OH is 2. The number of aromatic nitrogens is 2. The number of pyridine rings is 2. The number of hydrogen-bond acceptors (Lipinski definition) is 6. The molecule has 0 aliphatic carbocycles. The Morgan fingerprint density at radius 3 is 1.85 bits per heavy atom. The molecule has 2 heterocycles. The van der Waals surface area contributed by atoms with Crippen LogP contribution in [0.4, 0.5) is 11.4 Å². The first-order valence-electron chi connectivity index (χ1n) is 12.7. The Labute approximate surface area is 240 Å². The highest BCUT2D eigenvalue weighted by atomic mass is 33.1. The molecule has 4 rings (SSSR count). The highest BCUT2D eigenvalue weighted by molar-refractivity contribution is 8.68. The molecule has 0 fully saturated rings. The van der Waals surface area contributed by atoms with Crippen molar-refractivity contribution in [3.63, 3.8) is 0 Å². The van der Waals surface area contributed by atoms with E-state index < -0.39 is 0 Å². The molecule has 0 bridgehead atoms. The van der Waals surface area contributed by atoms with Crippen molar-refractivity contribution in [3.05, 3.63) is 120 Å². The van der Waals surface area contributed by atoms with Crippen molar-refractivity contribution in [2.24, 2.45) is 0 Å². The molecule has 0 aliphatic rings. The molecule has 8 heteroatoms. The van der Waals surface area contributed by atoms with Gasteiger partial charge in [0.15, 0.2) is 12.4 Å². The summed E-state index contributed by atoms with van der Waals surface area (Å²) in [6.07, 6.45) is 12.2. The normalized spacial score (nSPS) is 10.8. The lowest BCUT2D eigenvalue weighted by Gasteiger charge is -2.04. The second-order valence-electron chi connectivity index (χ2n) is 8.38. The van der Waals surface area contributed by atoms with E-state index >= 15 is 0 Å².